The number of carbonyl (C=O) groups excluding carboxylic acids is 3. The van der Waals surface area contributed by atoms with Gasteiger partial charge in [0, 0.05) is 17.5 Å². The molecular formula is C25H19N3O7. The molecule has 0 spiro atoms. The van der Waals surface area contributed by atoms with Gasteiger partial charge in [0.2, 0.25) is 6.79 Å². The zero-order valence-corrected chi connectivity index (χ0v) is 18.7. The number of nitrogens with zero attached hydrogens (tertiary/aromatic N) is 2. The number of imide groups is 2. The van der Waals surface area contributed by atoms with Crippen molar-refractivity contribution in [2.45, 2.75) is 13.8 Å². The Labute approximate surface area is 199 Å². The second-order valence-electron chi connectivity index (χ2n) is 7.98. The van der Waals surface area contributed by atoms with Gasteiger partial charge in [-0.2, -0.15) is 0 Å². The average Bonchev–Trinajstić information content (AvgIpc) is 3.39. The van der Waals surface area contributed by atoms with Crippen LogP contribution in [0.4, 0.5) is 10.5 Å². The molecule has 10 heteroatoms. The highest BCUT2D eigenvalue weighted by Gasteiger charge is 2.37. The Morgan fingerprint density at radius 2 is 1.77 bits per heavy atom. The van der Waals surface area contributed by atoms with Crippen molar-refractivity contribution in [2.24, 2.45) is 0 Å². The number of amides is 4. The summed E-state index contributed by atoms with van der Waals surface area (Å²) in [5.41, 5.74) is 2.40. The van der Waals surface area contributed by atoms with Crippen LogP contribution in [-0.4, -0.2) is 40.3 Å². The van der Waals surface area contributed by atoms with Crippen LogP contribution in [0.15, 0.2) is 54.1 Å². The van der Waals surface area contributed by atoms with Crippen molar-refractivity contribution in [3.05, 3.63) is 76.6 Å². The summed E-state index contributed by atoms with van der Waals surface area (Å²) < 4.78 is 12.3. The molecule has 3 heterocycles. The predicted molar refractivity (Wildman–Crippen MR) is 124 cm³/mol. The van der Waals surface area contributed by atoms with E-state index in [-0.39, 0.29) is 23.6 Å². The Bertz CT molecular complexity index is 1470. The minimum absolute atomic E-state index is 0.0309. The number of carboxylic acids is 1. The number of carboxylic acid groups (broad SMARTS) is 1. The lowest BCUT2D eigenvalue weighted by molar-refractivity contribution is -0.122. The number of urea groups is 1. The fraction of sp³-hybridized carbons (Fsp3) is 0.120. The molecule has 3 aromatic rings. The second kappa shape index (κ2) is 8.17. The third-order valence-electron chi connectivity index (χ3n) is 5.86. The molecular weight excluding hydrogens is 454 g/mol. The number of fused-ring (bicyclic) bond motifs is 1. The summed E-state index contributed by atoms with van der Waals surface area (Å²) in [4.78, 5) is 51.0. The van der Waals surface area contributed by atoms with Crippen molar-refractivity contribution in [3.63, 3.8) is 0 Å². The number of anilines is 1. The van der Waals surface area contributed by atoms with E-state index < -0.39 is 23.8 Å². The molecule has 0 bridgehead atoms. The molecule has 0 unspecified atom stereocenters. The lowest BCUT2D eigenvalue weighted by atomic mass is 10.1. The summed E-state index contributed by atoms with van der Waals surface area (Å²) in [5, 5.41) is 11.8. The number of para-hydroxylation sites is 1. The minimum Gasteiger partial charge on any atom is -0.478 e. The Hall–Kier alpha value is -4.86. The molecule has 0 saturated carbocycles. The summed E-state index contributed by atoms with van der Waals surface area (Å²) in [6.07, 6.45) is 1.40. The minimum atomic E-state index is -1.08. The Morgan fingerprint density at radius 1 is 1.03 bits per heavy atom. The lowest BCUT2D eigenvalue weighted by Gasteiger charge is -2.26. The molecule has 2 aromatic carbocycles. The number of aromatic carboxylic acids is 1. The number of rotatable bonds is 4. The van der Waals surface area contributed by atoms with Gasteiger partial charge in [-0.15, -0.1) is 0 Å². The van der Waals surface area contributed by atoms with Gasteiger partial charge in [-0.05, 0) is 55.8 Å². The van der Waals surface area contributed by atoms with Crippen LogP contribution >= 0.6 is 0 Å². The van der Waals surface area contributed by atoms with Crippen molar-refractivity contribution in [1.29, 1.82) is 0 Å². The van der Waals surface area contributed by atoms with Crippen molar-refractivity contribution in [2.75, 3.05) is 11.7 Å². The van der Waals surface area contributed by atoms with Gasteiger partial charge < -0.3 is 19.1 Å². The maximum Gasteiger partial charge on any atom is 0.337 e. The van der Waals surface area contributed by atoms with E-state index in [2.05, 4.69) is 5.32 Å². The van der Waals surface area contributed by atoms with Crippen molar-refractivity contribution in [1.82, 2.24) is 9.88 Å². The number of benzene rings is 2. The molecule has 10 nitrogen and oxygen atoms in total. The van der Waals surface area contributed by atoms with E-state index in [9.17, 15) is 24.3 Å². The van der Waals surface area contributed by atoms with Crippen LogP contribution < -0.4 is 19.7 Å². The standard InChI is InChI=1S/C25H19N3O7/c1-13-9-15(14(2)27(13)19-6-4-3-5-17(19)24(31)32)10-18-22(29)26-25(33)28(23(18)30)16-7-8-20-21(11-16)35-12-34-20/h3-11H,12H2,1-2H3,(H,31,32)(H,26,29,33)/b18-10+. The first-order valence-corrected chi connectivity index (χ1v) is 10.6. The van der Waals surface area contributed by atoms with Crippen molar-refractivity contribution < 1.29 is 33.8 Å². The topological polar surface area (TPSA) is 127 Å². The second-order valence-corrected chi connectivity index (χ2v) is 7.98. The van der Waals surface area contributed by atoms with Crippen LogP contribution in [-0.2, 0) is 9.59 Å². The molecule has 2 N–H and O–H groups in total. The Morgan fingerprint density at radius 3 is 2.54 bits per heavy atom. The van der Waals surface area contributed by atoms with E-state index in [0.29, 0.717) is 34.1 Å². The first-order valence-electron chi connectivity index (χ1n) is 10.6. The smallest absolute Gasteiger partial charge is 0.337 e. The van der Waals surface area contributed by atoms with Gasteiger partial charge in [0.25, 0.3) is 11.8 Å². The number of barbiturate groups is 1. The van der Waals surface area contributed by atoms with Crippen LogP contribution in [0.2, 0.25) is 0 Å². The number of hydrogen-bond acceptors (Lipinski definition) is 6. The molecule has 1 aromatic heterocycles. The van der Waals surface area contributed by atoms with Crippen molar-refractivity contribution >= 4 is 35.6 Å². The molecule has 2 aliphatic rings. The fourth-order valence-corrected chi connectivity index (χ4v) is 4.23. The number of nitrogens with one attached hydrogen (secondary N) is 1. The summed E-state index contributed by atoms with van der Waals surface area (Å²) in [7, 11) is 0. The van der Waals surface area contributed by atoms with Crippen molar-refractivity contribution in [3.8, 4) is 17.2 Å². The van der Waals surface area contributed by atoms with Gasteiger partial charge in [-0.3, -0.25) is 14.9 Å². The monoisotopic (exact) mass is 473 g/mol. The molecule has 1 fully saturated rings. The van der Waals surface area contributed by atoms with Crippen LogP contribution in [0.3, 0.4) is 0 Å². The van der Waals surface area contributed by atoms with Gasteiger partial charge in [-0.1, -0.05) is 12.1 Å². The largest absolute Gasteiger partial charge is 0.478 e. The fourth-order valence-electron chi connectivity index (χ4n) is 4.23. The quantitative estimate of drug-likeness (QED) is 0.440. The molecule has 1 saturated heterocycles. The highest BCUT2D eigenvalue weighted by molar-refractivity contribution is 6.39. The zero-order valence-electron chi connectivity index (χ0n) is 18.7. The summed E-state index contributed by atoms with van der Waals surface area (Å²) in [6.45, 7) is 3.58. The molecule has 35 heavy (non-hydrogen) atoms. The number of ether oxygens (including phenoxy) is 2. The summed E-state index contributed by atoms with van der Waals surface area (Å²) >= 11 is 0. The average molecular weight is 473 g/mol. The maximum atomic E-state index is 13.3. The SMILES string of the molecule is Cc1cc(/C=C2\C(=O)NC(=O)N(c3ccc4c(c3)OCO4)C2=O)c(C)n1-c1ccccc1C(=O)O. The van der Waals surface area contributed by atoms with Gasteiger partial charge in [-0.25, -0.2) is 14.5 Å². The third-order valence-corrected chi connectivity index (χ3v) is 5.86. The van der Waals surface area contributed by atoms with Gasteiger partial charge >= 0.3 is 12.0 Å². The molecule has 4 amide bonds. The van der Waals surface area contributed by atoms with E-state index in [0.717, 1.165) is 4.90 Å². The van der Waals surface area contributed by atoms with E-state index in [4.69, 9.17) is 9.47 Å². The highest BCUT2D eigenvalue weighted by Crippen LogP contribution is 2.36. The van der Waals surface area contributed by atoms with Crippen LogP contribution in [0.1, 0.15) is 27.3 Å². The van der Waals surface area contributed by atoms with E-state index in [1.165, 1.54) is 24.3 Å². The van der Waals surface area contributed by atoms with Crippen LogP contribution in [0, 0.1) is 13.8 Å². The number of aryl methyl sites for hydroxylation is 1. The summed E-state index contributed by atoms with van der Waals surface area (Å²) in [5.74, 6) is -1.83. The number of hydrogen-bond donors (Lipinski definition) is 2. The normalized spacial score (nSPS) is 16.1. The molecule has 0 atom stereocenters. The van der Waals surface area contributed by atoms with Gasteiger partial charge in [0.1, 0.15) is 5.57 Å². The van der Waals surface area contributed by atoms with E-state index >= 15 is 0 Å². The Balaban J connectivity index is 1.56. The molecule has 176 valence electrons. The predicted octanol–water partition coefficient (Wildman–Crippen LogP) is 3.19. The lowest BCUT2D eigenvalue weighted by Crippen LogP contribution is -2.54. The summed E-state index contributed by atoms with van der Waals surface area (Å²) in [6, 6.07) is 12.0. The number of carbonyl (C=O) groups is 4. The first kappa shape index (κ1) is 22.0. The van der Waals surface area contributed by atoms with Gasteiger partial charge in [0.05, 0.1) is 16.9 Å². The number of aromatic nitrogens is 1. The van der Waals surface area contributed by atoms with E-state index in [1.54, 1.807) is 48.7 Å². The zero-order chi connectivity index (χ0) is 24.9. The molecule has 0 aliphatic carbocycles. The first-order chi connectivity index (χ1) is 16.8. The molecule has 2 aliphatic heterocycles. The van der Waals surface area contributed by atoms with Gasteiger partial charge in [0.15, 0.2) is 11.5 Å². The van der Waals surface area contributed by atoms with E-state index in [1.807, 2.05) is 0 Å². The van der Waals surface area contributed by atoms with Crippen LogP contribution in [0.25, 0.3) is 11.8 Å². The molecule has 0 radical (unpaired) electrons. The highest BCUT2D eigenvalue weighted by atomic mass is 16.7. The van der Waals surface area contributed by atoms with Crippen LogP contribution in [0.5, 0.6) is 11.5 Å². The maximum absolute atomic E-state index is 13.3. The molecule has 5 rings (SSSR count). The third kappa shape index (κ3) is 3.61. The Kier molecular flexibility index (Phi) is 5.13.